The van der Waals surface area contributed by atoms with Gasteiger partial charge in [-0.3, -0.25) is 4.99 Å². The molecule has 7 heteroatoms. The van der Waals surface area contributed by atoms with Crippen molar-refractivity contribution in [3.05, 3.63) is 59.1 Å². The van der Waals surface area contributed by atoms with Gasteiger partial charge in [-0.15, -0.1) is 11.3 Å². The maximum absolute atomic E-state index is 10.5. The number of thiophene rings is 1. The molecule has 1 aromatic carbocycles. The number of guanidine groups is 1. The van der Waals surface area contributed by atoms with Gasteiger partial charge in [0.05, 0.1) is 7.11 Å². The Balaban J connectivity index is 1.52. The maximum atomic E-state index is 10.5. The summed E-state index contributed by atoms with van der Waals surface area (Å²) in [5.41, 5.74) is 1.01. The Morgan fingerprint density at radius 2 is 2.12 bits per heavy atom. The molecular formula is C19H22N4O2S. The van der Waals surface area contributed by atoms with E-state index in [4.69, 9.17) is 4.74 Å². The predicted octanol–water partition coefficient (Wildman–Crippen LogP) is 2.70. The molecule has 0 spiro atoms. The van der Waals surface area contributed by atoms with Crippen molar-refractivity contribution in [2.75, 3.05) is 20.7 Å². The van der Waals surface area contributed by atoms with Gasteiger partial charge in [0.2, 0.25) is 5.88 Å². The molecule has 26 heavy (non-hydrogen) atoms. The first-order valence-corrected chi connectivity index (χ1v) is 9.11. The van der Waals surface area contributed by atoms with Crippen LogP contribution in [0, 0.1) is 0 Å². The van der Waals surface area contributed by atoms with Crippen molar-refractivity contribution in [2.45, 2.75) is 12.6 Å². The summed E-state index contributed by atoms with van der Waals surface area (Å²) < 4.78 is 6.23. The highest BCUT2D eigenvalue weighted by Crippen LogP contribution is 2.29. The van der Waals surface area contributed by atoms with Crippen molar-refractivity contribution in [1.82, 2.24) is 15.6 Å². The number of methoxy groups -OCH3 is 1. The molecular weight excluding hydrogens is 348 g/mol. The van der Waals surface area contributed by atoms with Crippen LogP contribution < -0.4 is 15.4 Å². The van der Waals surface area contributed by atoms with Crippen LogP contribution in [0.1, 0.15) is 16.5 Å². The normalized spacial score (nSPS) is 12.8. The number of hydrogen-bond donors (Lipinski definition) is 3. The van der Waals surface area contributed by atoms with Gasteiger partial charge in [0.25, 0.3) is 0 Å². The van der Waals surface area contributed by atoms with Gasteiger partial charge in [0.15, 0.2) is 5.96 Å². The minimum atomic E-state index is -0.589. The second-order valence-electron chi connectivity index (χ2n) is 5.72. The van der Waals surface area contributed by atoms with Crippen LogP contribution in [0.15, 0.2) is 53.7 Å². The van der Waals surface area contributed by atoms with Crippen LogP contribution in [-0.4, -0.2) is 36.8 Å². The Hall–Kier alpha value is -2.64. The van der Waals surface area contributed by atoms with Gasteiger partial charge < -0.3 is 20.5 Å². The van der Waals surface area contributed by atoms with Gasteiger partial charge in [-0.25, -0.2) is 4.98 Å². The lowest BCUT2D eigenvalue weighted by Gasteiger charge is -2.14. The molecule has 0 aliphatic rings. The zero-order valence-electron chi connectivity index (χ0n) is 14.8. The fourth-order valence-corrected chi connectivity index (χ4v) is 3.55. The molecule has 2 heterocycles. The van der Waals surface area contributed by atoms with Gasteiger partial charge >= 0.3 is 0 Å². The van der Waals surface area contributed by atoms with Crippen LogP contribution in [0.3, 0.4) is 0 Å². The fourth-order valence-electron chi connectivity index (χ4n) is 2.50. The lowest BCUT2D eigenvalue weighted by molar-refractivity contribution is 0.184. The molecule has 2 aromatic heterocycles. The minimum Gasteiger partial charge on any atom is -0.481 e. The Morgan fingerprint density at radius 1 is 1.27 bits per heavy atom. The third-order valence-electron chi connectivity index (χ3n) is 3.93. The van der Waals surface area contributed by atoms with Crippen LogP contribution in [0.5, 0.6) is 5.88 Å². The summed E-state index contributed by atoms with van der Waals surface area (Å²) in [4.78, 5) is 9.30. The van der Waals surface area contributed by atoms with Gasteiger partial charge in [0, 0.05) is 42.0 Å². The number of nitrogens with one attached hydrogen (secondary N) is 2. The summed E-state index contributed by atoms with van der Waals surface area (Å²) in [6.07, 6.45) is 1.17. The molecule has 6 nitrogen and oxygen atoms in total. The van der Waals surface area contributed by atoms with Gasteiger partial charge in [0.1, 0.15) is 6.10 Å². The summed E-state index contributed by atoms with van der Waals surface area (Å²) >= 11 is 1.61. The molecule has 136 valence electrons. The number of benzene rings is 1. The first kappa shape index (κ1) is 18.2. The fraction of sp³-hybridized carbons (Fsp3) is 0.263. The number of fused-ring (bicyclic) bond motifs is 1. The van der Waals surface area contributed by atoms with E-state index in [1.54, 1.807) is 31.7 Å². The Morgan fingerprint density at radius 3 is 2.81 bits per heavy atom. The molecule has 3 rings (SSSR count). The Labute approximate surface area is 156 Å². The number of rotatable bonds is 6. The number of nitrogens with zero attached hydrogens (tertiary/aromatic N) is 2. The molecule has 3 aromatic rings. The van der Waals surface area contributed by atoms with Crippen molar-refractivity contribution < 1.29 is 9.84 Å². The van der Waals surface area contributed by atoms with Crippen molar-refractivity contribution in [2.24, 2.45) is 4.99 Å². The molecule has 0 aliphatic heterocycles. The molecule has 0 aliphatic carbocycles. The van der Waals surface area contributed by atoms with Gasteiger partial charge in [-0.1, -0.05) is 24.3 Å². The molecule has 0 saturated carbocycles. The Kier molecular flexibility index (Phi) is 6.04. The predicted molar refractivity (Wildman–Crippen MR) is 106 cm³/mol. The van der Waals surface area contributed by atoms with E-state index in [1.165, 1.54) is 4.70 Å². The average molecular weight is 370 g/mol. The SMILES string of the molecule is CN=C(NCc1ccc(OC)nc1)NCC(O)c1cc2ccccc2s1. The van der Waals surface area contributed by atoms with Crippen LogP contribution >= 0.6 is 11.3 Å². The largest absolute Gasteiger partial charge is 0.481 e. The standard InChI is InChI=1S/C19H22N4O2S/c1-20-19(22-11-13-7-8-18(25-2)21-10-13)23-12-15(24)17-9-14-5-3-4-6-16(14)26-17/h3-10,15,24H,11-12H2,1-2H3,(H2,20,22,23). The van der Waals surface area contributed by atoms with E-state index >= 15 is 0 Å². The maximum Gasteiger partial charge on any atom is 0.212 e. The summed E-state index contributed by atoms with van der Waals surface area (Å²) in [5, 5.41) is 18.0. The molecule has 0 saturated heterocycles. The minimum absolute atomic E-state index is 0.382. The molecule has 0 amide bonds. The summed E-state index contributed by atoms with van der Waals surface area (Å²) in [7, 11) is 3.29. The summed E-state index contributed by atoms with van der Waals surface area (Å²) in [6.45, 7) is 0.961. The lowest BCUT2D eigenvalue weighted by Crippen LogP contribution is -2.38. The first-order valence-electron chi connectivity index (χ1n) is 8.29. The lowest BCUT2D eigenvalue weighted by atomic mass is 10.2. The highest BCUT2D eigenvalue weighted by molar-refractivity contribution is 7.19. The Bertz CT molecular complexity index is 844. The van der Waals surface area contributed by atoms with Crippen molar-refractivity contribution in [3.63, 3.8) is 0 Å². The third kappa shape index (κ3) is 4.50. The third-order valence-corrected chi connectivity index (χ3v) is 5.14. The van der Waals surface area contributed by atoms with E-state index in [9.17, 15) is 5.11 Å². The number of aromatic nitrogens is 1. The number of pyridine rings is 1. The number of aliphatic hydroxyl groups is 1. The number of aliphatic hydroxyl groups excluding tert-OH is 1. The molecule has 1 unspecified atom stereocenters. The van der Waals surface area contributed by atoms with Crippen molar-refractivity contribution in [3.8, 4) is 5.88 Å². The second kappa shape index (κ2) is 8.64. The zero-order chi connectivity index (χ0) is 18.4. The van der Waals surface area contributed by atoms with Crippen LogP contribution in [-0.2, 0) is 6.54 Å². The number of aliphatic imine (C=N–C) groups is 1. The van der Waals surface area contributed by atoms with E-state index in [1.807, 2.05) is 30.3 Å². The summed E-state index contributed by atoms with van der Waals surface area (Å²) in [5.74, 6) is 1.21. The average Bonchev–Trinajstić information content (AvgIpc) is 3.12. The van der Waals surface area contributed by atoms with Crippen molar-refractivity contribution >= 4 is 27.4 Å². The second-order valence-corrected chi connectivity index (χ2v) is 6.83. The van der Waals surface area contributed by atoms with Crippen LogP contribution in [0.2, 0.25) is 0 Å². The van der Waals surface area contributed by atoms with Crippen LogP contribution in [0.4, 0.5) is 0 Å². The monoisotopic (exact) mass is 370 g/mol. The first-order chi connectivity index (χ1) is 12.7. The number of ether oxygens (including phenoxy) is 1. The number of hydrogen-bond acceptors (Lipinski definition) is 5. The van der Waals surface area contributed by atoms with E-state index in [2.05, 4.69) is 32.7 Å². The molecule has 0 fully saturated rings. The topological polar surface area (TPSA) is 78.8 Å². The van der Waals surface area contributed by atoms with Gasteiger partial charge in [-0.05, 0) is 23.1 Å². The van der Waals surface area contributed by atoms with Gasteiger partial charge in [-0.2, -0.15) is 0 Å². The summed E-state index contributed by atoms with van der Waals surface area (Å²) in [6, 6.07) is 13.9. The highest BCUT2D eigenvalue weighted by Gasteiger charge is 2.12. The van der Waals surface area contributed by atoms with Crippen molar-refractivity contribution in [1.29, 1.82) is 0 Å². The highest BCUT2D eigenvalue weighted by atomic mass is 32.1. The van der Waals surface area contributed by atoms with Crippen LogP contribution in [0.25, 0.3) is 10.1 Å². The zero-order valence-corrected chi connectivity index (χ0v) is 15.6. The quantitative estimate of drug-likeness (QED) is 0.459. The van der Waals surface area contributed by atoms with E-state index in [0.29, 0.717) is 24.9 Å². The molecule has 0 radical (unpaired) electrons. The van der Waals surface area contributed by atoms with E-state index < -0.39 is 6.10 Å². The van der Waals surface area contributed by atoms with E-state index in [0.717, 1.165) is 15.8 Å². The van der Waals surface area contributed by atoms with E-state index in [-0.39, 0.29) is 0 Å². The molecule has 1 atom stereocenters. The molecule has 0 bridgehead atoms. The smallest absolute Gasteiger partial charge is 0.212 e. The molecule has 3 N–H and O–H groups in total.